The largest absolute Gasteiger partial charge is 0.306 e. The molecule has 1 atom stereocenters. The van der Waals surface area contributed by atoms with Gasteiger partial charge in [0.2, 0.25) is 0 Å². The molecule has 0 heterocycles. The molecule has 20 heavy (non-hydrogen) atoms. The van der Waals surface area contributed by atoms with Gasteiger partial charge in [-0.05, 0) is 41.7 Å². The fourth-order valence-electron chi connectivity index (χ4n) is 2.45. The molecule has 0 aliphatic heterocycles. The van der Waals surface area contributed by atoms with Gasteiger partial charge in [0.15, 0.2) is 0 Å². The summed E-state index contributed by atoms with van der Waals surface area (Å²) in [6.07, 6.45) is 0. The summed E-state index contributed by atoms with van der Waals surface area (Å²) in [7, 11) is 0. The monoisotopic (exact) mass is 271 g/mol. The Morgan fingerprint density at radius 2 is 1.75 bits per heavy atom. The highest BCUT2D eigenvalue weighted by Gasteiger charge is 2.15. The summed E-state index contributed by atoms with van der Waals surface area (Å²) >= 11 is 0. The highest BCUT2D eigenvalue weighted by Crippen LogP contribution is 2.22. The second kappa shape index (κ2) is 6.67. The van der Waals surface area contributed by atoms with Crippen LogP contribution in [0.2, 0.25) is 0 Å². The summed E-state index contributed by atoms with van der Waals surface area (Å²) in [5, 5.41) is 3.55. The smallest absolute Gasteiger partial charge is 0.123 e. The highest BCUT2D eigenvalue weighted by molar-refractivity contribution is 5.27. The van der Waals surface area contributed by atoms with Gasteiger partial charge in [-0.25, -0.2) is 4.39 Å². The molecule has 0 saturated heterocycles. The highest BCUT2D eigenvalue weighted by atomic mass is 19.1. The molecule has 0 aliphatic carbocycles. The van der Waals surface area contributed by atoms with E-state index in [0.717, 1.165) is 11.1 Å². The van der Waals surface area contributed by atoms with Crippen LogP contribution in [0.15, 0.2) is 48.5 Å². The Morgan fingerprint density at radius 1 is 1.05 bits per heavy atom. The fraction of sp³-hybridized carbons (Fsp3) is 0.333. The third-order valence-electron chi connectivity index (χ3n) is 3.65. The summed E-state index contributed by atoms with van der Waals surface area (Å²) in [4.78, 5) is 0. The Balaban J connectivity index is 2.12. The predicted molar refractivity (Wildman–Crippen MR) is 82.0 cm³/mol. The van der Waals surface area contributed by atoms with E-state index in [2.05, 4.69) is 43.4 Å². The zero-order chi connectivity index (χ0) is 14.5. The number of hydrogen-bond acceptors (Lipinski definition) is 1. The number of hydrogen-bond donors (Lipinski definition) is 1. The molecule has 0 saturated carbocycles. The van der Waals surface area contributed by atoms with Gasteiger partial charge in [0, 0.05) is 12.6 Å². The minimum Gasteiger partial charge on any atom is -0.306 e. The van der Waals surface area contributed by atoms with Crippen molar-refractivity contribution in [1.82, 2.24) is 5.32 Å². The van der Waals surface area contributed by atoms with E-state index >= 15 is 0 Å². The van der Waals surface area contributed by atoms with Crippen LogP contribution in [0.1, 0.15) is 36.6 Å². The van der Waals surface area contributed by atoms with Gasteiger partial charge in [-0.1, -0.05) is 50.2 Å². The van der Waals surface area contributed by atoms with Gasteiger partial charge >= 0.3 is 0 Å². The normalized spacial score (nSPS) is 12.7. The molecule has 0 radical (unpaired) electrons. The number of benzene rings is 2. The van der Waals surface area contributed by atoms with Crippen molar-refractivity contribution in [3.63, 3.8) is 0 Å². The first-order chi connectivity index (χ1) is 9.58. The molecule has 2 aromatic carbocycles. The van der Waals surface area contributed by atoms with Crippen molar-refractivity contribution in [2.24, 2.45) is 5.92 Å². The van der Waals surface area contributed by atoms with Gasteiger partial charge in [0.1, 0.15) is 5.82 Å². The Labute approximate surface area is 120 Å². The first kappa shape index (κ1) is 14.7. The zero-order valence-corrected chi connectivity index (χ0v) is 12.4. The Bertz CT molecular complexity index is 549. The van der Waals surface area contributed by atoms with Gasteiger partial charge in [0.25, 0.3) is 0 Å². The van der Waals surface area contributed by atoms with Crippen LogP contribution >= 0.6 is 0 Å². The number of halogens is 1. The van der Waals surface area contributed by atoms with Crippen LogP contribution < -0.4 is 5.32 Å². The Morgan fingerprint density at radius 3 is 2.40 bits per heavy atom. The third-order valence-corrected chi connectivity index (χ3v) is 3.65. The Hall–Kier alpha value is -1.67. The van der Waals surface area contributed by atoms with E-state index in [9.17, 15) is 4.39 Å². The standard InChI is InChI=1S/C18H22FN/c1-13(2)18(15-7-5-4-6-8-15)20-12-16-11-17(19)10-9-14(16)3/h4-11,13,18,20H,12H2,1-3H3. The molecule has 106 valence electrons. The van der Waals surface area contributed by atoms with Crippen molar-refractivity contribution in [2.45, 2.75) is 33.4 Å². The van der Waals surface area contributed by atoms with Crippen molar-refractivity contribution >= 4 is 0 Å². The van der Waals surface area contributed by atoms with Gasteiger partial charge in [-0.3, -0.25) is 0 Å². The molecule has 0 aromatic heterocycles. The first-order valence-electron chi connectivity index (χ1n) is 7.11. The van der Waals surface area contributed by atoms with Crippen LogP contribution in [0.25, 0.3) is 0 Å². The molecule has 2 heteroatoms. The number of aryl methyl sites for hydroxylation is 1. The molecule has 0 aliphatic rings. The maximum Gasteiger partial charge on any atom is 0.123 e. The molecular weight excluding hydrogens is 249 g/mol. The summed E-state index contributed by atoms with van der Waals surface area (Å²) in [6, 6.07) is 15.6. The van der Waals surface area contributed by atoms with Crippen LogP contribution in [-0.2, 0) is 6.54 Å². The first-order valence-corrected chi connectivity index (χ1v) is 7.11. The summed E-state index contributed by atoms with van der Waals surface area (Å²) in [6.45, 7) is 7.09. The average molecular weight is 271 g/mol. The van der Waals surface area contributed by atoms with E-state index in [-0.39, 0.29) is 11.9 Å². The molecule has 2 rings (SSSR count). The molecule has 0 fully saturated rings. The quantitative estimate of drug-likeness (QED) is 0.836. The summed E-state index contributed by atoms with van der Waals surface area (Å²) < 4.78 is 13.3. The minimum atomic E-state index is -0.173. The molecular formula is C18H22FN. The maximum atomic E-state index is 13.3. The number of nitrogens with one attached hydrogen (secondary N) is 1. The van der Waals surface area contributed by atoms with E-state index in [1.54, 1.807) is 6.07 Å². The van der Waals surface area contributed by atoms with Crippen LogP contribution in [0, 0.1) is 18.7 Å². The maximum absolute atomic E-state index is 13.3. The second-order valence-corrected chi connectivity index (χ2v) is 5.58. The predicted octanol–water partition coefficient (Wildman–Crippen LogP) is 4.62. The SMILES string of the molecule is Cc1ccc(F)cc1CNC(c1ccccc1)C(C)C. The lowest BCUT2D eigenvalue weighted by Gasteiger charge is -2.23. The van der Waals surface area contributed by atoms with Gasteiger partial charge < -0.3 is 5.32 Å². The van der Waals surface area contributed by atoms with Gasteiger partial charge in [0.05, 0.1) is 0 Å². The summed E-state index contributed by atoms with van der Waals surface area (Å²) in [5.41, 5.74) is 3.41. The molecule has 0 bridgehead atoms. The molecule has 1 unspecified atom stereocenters. The van der Waals surface area contributed by atoms with E-state index in [1.165, 1.54) is 11.6 Å². The minimum absolute atomic E-state index is 0.173. The van der Waals surface area contributed by atoms with Crippen molar-refractivity contribution in [2.75, 3.05) is 0 Å². The van der Waals surface area contributed by atoms with E-state index in [1.807, 2.05) is 19.1 Å². The zero-order valence-electron chi connectivity index (χ0n) is 12.4. The lowest BCUT2D eigenvalue weighted by Crippen LogP contribution is -2.25. The molecule has 0 amide bonds. The second-order valence-electron chi connectivity index (χ2n) is 5.58. The number of rotatable bonds is 5. The van der Waals surface area contributed by atoms with Crippen molar-refractivity contribution in [3.05, 3.63) is 71.0 Å². The lowest BCUT2D eigenvalue weighted by molar-refractivity contribution is 0.410. The summed E-state index contributed by atoms with van der Waals surface area (Å²) in [5.74, 6) is 0.305. The van der Waals surface area contributed by atoms with Crippen LogP contribution in [0.3, 0.4) is 0 Å². The Kier molecular flexibility index (Phi) is 4.91. The molecule has 1 nitrogen and oxygen atoms in total. The van der Waals surface area contributed by atoms with E-state index < -0.39 is 0 Å². The van der Waals surface area contributed by atoms with Gasteiger partial charge in [-0.2, -0.15) is 0 Å². The van der Waals surface area contributed by atoms with Gasteiger partial charge in [-0.15, -0.1) is 0 Å². The molecule has 0 spiro atoms. The van der Waals surface area contributed by atoms with Crippen LogP contribution in [0.4, 0.5) is 4.39 Å². The fourth-order valence-corrected chi connectivity index (χ4v) is 2.45. The van der Waals surface area contributed by atoms with E-state index in [4.69, 9.17) is 0 Å². The van der Waals surface area contributed by atoms with Crippen LogP contribution in [0.5, 0.6) is 0 Å². The third kappa shape index (κ3) is 3.67. The average Bonchev–Trinajstić information content (AvgIpc) is 2.43. The molecule has 2 aromatic rings. The lowest BCUT2D eigenvalue weighted by atomic mass is 9.95. The topological polar surface area (TPSA) is 12.0 Å². The van der Waals surface area contributed by atoms with Crippen molar-refractivity contribution in [3.8, 4) is 0 Å². The van der Waals surface area contributed by atoms with E-state index in [0.29, 0.717) is 12.5 Å². The molecule has 1 N–H and O–H groups in total. The van der Waals surface area contributed by atoms with Crippen molar-refractivity contribution in [1.29, 1.82) is 0 Å². The van der Waals surface area contributed by atoms with Crippen molar-refractivity contribution < 1.29 is 4.39 Å². The van der Waals surface area contributed by atoms with Crippen LogP contribution in [-0.4, -0.2) is 0 Å².